The molecule has 0 radical (unpaired) electrons. The first-order valence-electron chi connectivity index (χ1n) is 6.88. The van der Waals surface area contributed by atoms with Crippen molar-refractivity contribution in [2.45, 2.75) is 32.2 Å². The number of hydrogen-bond acceptors (Lipinski definition) is 3. The fraction of sp³-hybridized carbons (Fsp3) is 0.600. The van der Waals surface area contributed by atoms with Gasteiger partial charge in [-0.3, -0.25) is 0 Å². The first-order valence-corrected chi connectivity index (χ1v) is 6.88. The quantitative estimate of drug-likeness (QED) is 0.756. The molecule has 0 saturated heterocycles. The molecule has 3 nitrogen and oxygen atoms in total. The molecule has 0 unspecified atom stereocenters. The van der Waals surface area contributed by atoms with Crippen LogP contribution < -0.4 is 10.5 Å². The van der Waals surface area contributed by atoms with Crippen molar-refractivity contribution in [3.8, 4) is 5.75 Å². The lowest BCUT2D eigenvalue weighted by atomic mass is 10.1. The maximum absolute atomic E-state index is 5.64. The normalized spacial score (nSPS) is 16.1. The third kappa shape index (κ3) is 4.31. The van der Waals surface area contributed by atoms with Gasteiger partial charge in [-0.2, -0.15) is 0 Å². The van der Waals surface area contributed by atoms with Gasteiger partial charge in [0.1, 0.15) is 12.4 Å². The van der Waals surface area contributed by atoms with Crippen molar-refractivity contribution in [3.63, 3.8) is 0 Å². The molecule has 1 saturated carbocycles. The predicted octanol–water partition coefficient (Wildman–Crippen LogP) is 2.73. The summed E-state index contributed by atoms with van der Waals surface area (Å²) in [4.78, 5) is 0. The molecule has 0 aliphatic heterocycles. The second-order valence-corrected chi connectivity index (χ2v) is 4.92. The van der Waals surface area contributed by atoms with Crippen LogP contribution in [0.3, 0.4) is 0 Å². The lowest BCUT2D eigenvalue weighted by Gasteiger charge is -2.10. The van der Waals surface area contributed by atoms with Crippen LogP contribution in [-0.4, -0.2) is 19.8 Å². The van der Waals surface area contributed by atoms with Crippen LogP contribution in [-0.2, 0) is 11.3 Å². The summed E-state index contributed by atoms with van der Waals surface area (Å²) in [5, 5.41) is 0. The zero-order valence-electron chi connectivity index (χ0n) is 10.9. The number of ether oxygens (including phenoxy) is 2. The lowest BCUT2D eigenvalue weighted by Crippen LogP contribution is -2.11. The smallest absolute Gasteiger partial charge is 0.119 e. The van der Waals surface area contributed by atoms with Gasteiger partial charge in [-0.05, 0) is 36.5 Å². The molecule has 3 heteroatoms. The summed E-state index contributed by atoms with van der Waals surface area (Å²) >= 11 is 0. The minimum atomic E-state index is 0.574. The van der Waals surface area contributed by atoms with E-state index < -0.39 is 0 Å². The van der Waals surface area contributed by atoms with Crippen molar-refractivity contribution in [2.75, 3.05) is 19.8 Å². The van der Waals surface area contributed by atoms with Gasteiger partial charge in [0, 0.05) is 13.2 Å². The summed E-state index contributed by atoms with van der Waals surface area (Å²) in [5.41, 5.74) is 6.66. The maximum Gasteiger partial charge on any atom is 0.119 e. The largest absolute Gasteiger partial charge is 0.491 e. The molecule has 0 amide bonds. The molecule has 1 aromatic rings. The van der Waals surface area contributed by atoms with E-state index in [1.807, 2.05) is 24.3 Å². The van der Waals surface area contributed by atoms with Crippen LogP contribution in [0.15, 0.2) is 24.3 Å². The van der Waals surface area contributed by atoms with E-state index in [0.717, 1.165) is 23.8 Å². The monoisotopic (exact) mass is 249 g/mol. The summed E-state index contributed by atoms with van der Waals surface area (Å²) in [5.74, 6) is 1.67. The highest BCUT2D eigenvalue weighted by atomic mass is 16.5. The molecule has 0 spiro atoms. The van der Waals surface area contributed by atoms with Gasteiger partial charge in [0.05, 0.1) is 6.61 Å². The second kappa shape index (κ2) is 7.39. The van der Waals surface area contributed by atoms with E-state index >= 15 is 0 Å². The molecule has 1 aliphatic carbocycles. The number of nitrogens with two attached hydrogens (primary N) is 1. The molecule has 1 fully saturated rings. The second-order valence-electron chi connectivity index (χ2n) is 4.92. The Balaban J connectivity index is 1.56. The number of rotatable bonds is 7. The topological polar surface area (TPSA) is 44.5 Å². The van der Waals surface area contributed by atoms with Crippen molar-refractivity contribution < 1.29 is 9.47 Å². The van der Waals surface area contributed by atoms with Crippen molar-refractivity contribution in [3.05, 3.63) is 29.8 Å². The molecule has 1 aromatic carbocycles. The standard InChI is InChI=1S/C15H23NO2/c16-11-13-5-7-15(8-6-13)18-10-9-17-12-14-3-1-2-4-14/h5-8,14H,1-4,9-12,16H2. The number of hydrogen-bond donors (Lipinski definition) is 1. The molecule has 0 atom stereocenters. The molecule has 1 aliphatic rings. The van der Waals surface area contributed by atoms with Crippen molar-refractivity contribution >= 4 is 0 Å². The summed E-state index contributed by atoms with van der Waals surface area (Å²) in [6, 6.07) is 7.90. The van der Waals surface area contributed by atoms with Gasteiger partial charge in [-0.1, -0.05) is 25.0 Å². The highest BCUT2D eigenvalue weighted by molar-refractivity contribution is 5.26. The van der Waals surface area contributed by atoms with E-state index in [4.69, 9.17) is 15.2 Å². The minimum absolute atomic E-state index is 0.574. The maximum atomic E-state index is 5.64. The lowest BCUT2D eigenvalue weighted by molar-refractivity contribution is 0.0754. The van der Waals surface area contributed by atoms with Gasteiger partial charge >= 0.3 is 0 Å². The van der Waals surface area contributed by atoms with E-state index in [2.05, 4.69) is 0 Å². The van der Waals surface area contributed by atoms with Gasteiger partial charge in [0.25, 0.3) is 0 Å². The Morgan fingerprint density at radius 3 is 2.44 bits per heavy atom. The van der Waals surface area contributed by atoms with E-state index in [0.29, 0.717) is 19.8 Å². The van der Waals surface area contributed by atoms with Crippen LogP contribution in [0, 0.1) is 5.92 Å². The van der Waals surface area contributed by atoms with Crippen molar-refractivity contribution in [2.24, 2.45) is 11.7 Å². The molecule has 2 N–H and O–H groups in total. The molecular formula is C15H23NO2. The zero-order chi connectivity index (χ0) is 12.6. The van der Waals surface area contributed by atoms with E-state index in [9.17, 15) is 0 Å². The third-order valence-electron chi connectivity index (χ3n) is 3.48. The molecule has 0 bridgehead atoms. The van der Waals surface area contributed by atoms with Gasteiger partial charge in [0.2, 0.25) is 0 Å². The van der Waals surface area contributed by atoms with Crippen molar-refractivity contribution in [1.82, 2.24) is 0 Å². The highest BCUT2D eigenvalue weighted by Gasteiger charge is 2.14. The Kier molecular flexibility index (Phi) is 5.49. The highest BCUT2D eigenvalue weighted by Crippen LogP contribution is 2.24. The Hall–Kier alpha value is -1.06. The SMILES string of the molecule is NCc1ccc(OCCOCC2CCCC2)cc1. The molecule has 100 valence electrons. The van der Waals surface area contributed by atoms with Crippen LogP contribution in [0.4, 0.5) is 0 Å². The Morgan fingerprint density at radius 2 is 1.78 bits per heavy atom. The number of benzene rings is 1. The van der Waals surface area contributed by atoms with Crippen molar-refractivity contribution in [1.29, 1.82) is 0 Å². The van der Waals surface area contributed by atoms with E-state index in [-0.39, 0.29) is 0 Å². The molecule has 2 rings (SSSR count). The predicted molar refractivity (Wildman–Crippen MR) is 72.6 cm³/mol. The van der Waals surface area contributed by atoms with E-state index in [1.54, 1.807) is 0 Å². The Labute approximate surface area is 109 Å². The van der Waals surface area contributed by atoms with Crippen LogP contribution in [0.1, 0.15) is 31.2 Å². The van der Waals surface area contributed by atoms with Gasteiger partial charge < -0.3 is 15.2 Å². The third-order valence-corrected chi connectivity index (χ3v) is 3.48. The Morgan fingerprint density at radius 1 is 1.06 bits per heavy atom. The fourth-order valence-electron chi connectivity index (χ4n) is 2.37. The van der Waals surface area contributed by atoms with Crippen LogP contribution >= 0.6 is 0 Å². The van der Waals surface area contributed by atoms with Gasteiger partial charge in [0.15, 0.2) is 0 Å². The average molecular weight is 249 g/mol. The van der Waals surface area contributed by atoms with E-state index in [1.165, 1.54) is 25.7 Å². The molecule has 18 heavy (non-hydrogen) atoms. The molecule has 0 heterocycles. The first-order chi connectivity index (χ1) is 8.88. The molecule has 0 aromatic heterocycles. The fourth-order valence-corrected chi connectivity index (χ4v) is 2.37. The summed E-state index contributed by atoms with van der Waals surface area (Å²) < 4.78 is 11.2. The average Bonchev–Trinajstić information content (AvgIpc) is 2.92. The van der Waals surface area contributed by atoms with Gasteiger partial charge in [-0.15, -0.1) is 0 Å². The van der Waals surface area contributed by atoms with Crippen LogP contribution in [0.25, 0.3) is 0 Å². The first kappa shape index (κ1) is 13.4. The summed E-state index contributed by atoms with van der Waals surface area (Å²) in [6.07, 6.45) is 5.42. The summed E-state index contributed by atoms with van der Waals surface area (Å²) in [7, 11) is 0. The van der Waals surface area contributed by atoms with Crippen LogP contribution in [0.5, 0.6) is 5.75 Å². The Bertz CT molecular complexity index is 331. The summed E-state index contributed by atoms with van der Waals surface area (Å²) in [6.45, 7) is 2.77. The van der Waals surface area contributed by atoms with Gasteiger partial charge in [-0.25, -0.2) is 0 Å². The van der Waals surface area contributed by atoms with Crippen LogP contribution in [0.2, 0.25) is 0 Å². The minimum Gasteiger partial charge on any atom is -0.491 e. The molecular weight excluding hydrogens is 226 g/mol. The zero-order valence-corrected chi connectivity index (χ0v) is 10.9.